The molecule has 0 aliphatic rings. The lowest BCUT2D eigenvalue weighted by atomic mass is 9.86. The fraction of sp³-hybridized carbons (Fsp3) is 1.00. The maximum Gasteiger partial charge on any atom is 0.0326 e. The Balaban J connectivity index is 4.34. The minimum atomic E-state index is 0.137. The Morgan fingerprint density at radius 1 is 1.00 bits per heavy atom. The van der Waals surface area contributed by atoms with Gasteiger partial charge >= 0.3 is 0 Å². The number of hydrogen-bond acceptors (Lipinski definition) is 3. The van der Waals surface area contributed by atoms with Crippen LogP contribution in [-0.2, 0) is 0 Å². The first kappa shape index (κ1) is 17.9. The third-order valence-electron chi connectivity index (χ3n) is 4.56. The summed E-state index contributed by atoms with van der Waals surface area (Å²) in [5.74, 6) is 0.593. The van der Waals surface area contributed by atoms with Crippen molar-refractivity contribution >= 4 is 0 Å². The smallest absolute Gasteiger partial charge is 0.0326 e. The third kappa shape index (κ3) is 4.87. The molecule has 0 rings (SSSR count). The largest absolute Gasteiger partial charge is 0.329 e. The molecule has 0 aliphatic heterocycles. The zero-order valence-corrected chi connectivity index (χ0v) is 13.5. The first-order valence-electron chi connectivity index (χ1n) is 7.63. The van der Waals surface area contributed by atoms with E-state index in [-0.39, 0.29) is 5.54 Å². The molecular formula is C15H35N3. The van der Waals surface area contributed by atoms with E-state index in [2.05, 4.69) is 51.3 Å². The van der Waals surface area contributed by atoms with Crippen molar-refractivity contribution < 1.29 is 0 Å². The Labute approximate surface area is 115 Å². The molecule has 0 radical (unpaired) electrons. The van der Waals surface area contributed by atoms with Crippen LogP contribution in [0.3, 0.4) is 0 Å². The Morgan fingerprint density at radius 3 is 1.89 bits per heavy atom. The molecule has 0 amide bonds. The van der Waals surface area contributed by atoms with Gasteiger partial charge in [0.1, 0.15) is 0 Å². The Kier molecular flexibility index (Phi) is 8.83. The molecule has 0 aromatic rings. The Bertz CT molecular complexity index is 202. The van der Waals surface area contributed by atoms with Crippen LogP contribution in [0.15, 0.2) is 0 Å². The van der Waals surface area contributed by atoms with E-state index >= 15 is 0 Å². The van der Waals surface area contributed by atoms with E-state index in [0.717, 1.165) is 32.7 Å². The normalized spacial score (nSPS) is 15.7. The lowest BCUT2D eigenvalue weighted by Gasteiger charge is -2.43. The minimum Gasteiger partial charge on any atom is -0.329 e. The predicted molar refractivity (Wildman–Crippen MR) is 81.9 cm³/mol. The Hall–Kier alpha value is -0.120. The van der Waals surface area contributed by atoms with Crippen LogP contribution < -0.4 is 5.73 Å². The summed E-state index contributed by atoms with van der Waals surface area (Å²) in [4.78, 5) is 5.05. The van der Waals surface area contributed by atoms with E-state index in [9.17, 15) is 0 Å². The molecule has 0 saturated carbocycles. The molecule has 3 heteroatoms. The van der Waals surface area contributed by atoms with Crippen LogP contribution in [0.2, 0.25) is 0 Å². The minimum absolute atomic E-state index is 0.137. The van der Waals surface area contributed by atoms with E-state index in [1.54, 1.807) is 0 Å². The summed E-state index contributed by atoms with van der Waals surface area (Å²) in [5.41, 5.74) is 6.15. The van der Waals surface area contributed by atoms with E-state index in [0.29, 0.717) is 5.92 Å². The molecule has 0 aromatic carbocycles. The molecule has 0 heterocycles. The summed E-state index contributed by atoms with van der Waals surface area (Å²) >= 11 is 0. The lowest BCUT2D eigenvalue weighted by molar-refractivity contribution is 0.0681. The average Bonchev–Trinajstić information content (AvgIpc) is 2.38. The summed E-state index contributed by atoms with van der Waals surface area (Å²) in [7, 11) is 0. The standard InChI is InChI=1S/C15H35N3/c1-7-17(8-2)11-10-12-18(9-3)15(6,13-16)14(4)5/h14H,7-13,16H2,1-6H3. The van der Waals surface area contributed by atoms with Gasteiger partial charge in [0.05, 0.1) is 0 Å². The first-order valence-corrected chi connectivity index (χ1v) is 7.63. The average molecular weight is 257 g/mol. The third-order valence-corrected chi connectivity index (χ3v) is 4.56. The van der Waals surface area contributed by atoms with Crippen LogP contribution in [-0.4, -0.2) is 54.6 Å². The molecule has 0 aliphatic carbocycles. The summed E-state index contributed by atoms with van der Waals surface area (Å²) < 4.78 is 0. The number of nitrogens with zero attached hydrogens (tertiary/aromatic N) is 2. The van der Waals surface area contributed by atoms with Gasteiger partial charge in [0.25, 0.3) is 0 Å². The summed E-state index contributed by atoms with van der Waals surface area (Å²) in [5, 5.41) is 0. The Morgan fingerprint density at radius 2 is 1.56 bits per heavy atom. The molecule has 2 N–H and O–H groups in total. The SMILES string of the molecule is CCN(CC)CCCN(CC)C(C)(CN)C(C)C. The maximum absolute atomic E-state index is 6.02. The molecule has 1 unspecified atom stereocenters. The second-order valence-electron chi connectivity index (χ2n) is 5.68. The zero-order valence-electron chi connectivity index (χ0n) is 13.5. The fourth-order valence-electron chi connectivity index (χ4n) is 2.53. The number of likely N-dealkylation sites (N-methyl/N-ethyl adjacent to an activating group) is 1. The highest BCUT2D eigenvalue weighted by molar-refractivity contribution is 4.89. The number of hydrogen-bond donors (Lipinski definition) is 1. The van der Waals surface area contributed by atoms with Crippen molar-refractivity contribution in [2.75, 3.05) is 39.3 Å². The predicted octanol–water partition coefficient (Wildman–Crippen LogP) is 2.41. The van der Waals surface area contributed by atoms with Gasteiger partial charge in [-0.15, -0.1) is 0 Å². The molecule has 1 atom stereocenters. The van der Waals surface area contributed by atoms with Crippen LogP contribution in [0, 0.1) is 5.92 Å². The van der Waals surface area contributed by atoms with Crippen molar-refractivity contribution in [3.05, 3.63) is 0 Å². The highest BCUT2D eigenvalue weighted by Crippen LogP contribution is 2.23. The van der Waals surface area contributed by atoms with E-state index in [1.165, 1.54) is 13.0 Å². The molecule has 0 saturated heterocycles. The van der Waals surface area contributed by atoms with Gasteiger partial charge in [-0.05, 0) is 52.0 Å². The van der Waals surface area contributed by atoms with Gasteiger partial charge in [0.15, 0.2) is 0 Å². The molecule has 18 heavy (non-hydrogen) atoms. The molecule has 0 aromatic heterocycles. The van der Waals surface area contributed by atoms with Crippen molar-refractivity contribution in [2.24, 2.45) is 11.7 Å². The van der Waals surface area contributed by atoms with Crippen LogP contribution in [0.1, 0.15) is 48.0 Å². The number of nitrogens with two attached hydrogens (primary N) is 1. The molecule has 0 fully saturated rings. The second-order valence-corrected chi connectivity index (χ2v) is 5.68. The van der Waals surface area contributed by atoms with Crippen molar-refractivity contribution in [1.82, 2.24) is 9.80 Å². The monoisotopic (exact) mass is 257 g/mol. The van der Waals surface area contributed by atoms with Gasteiger partial charge < -0.3 is 10.6 Å². The van der Waals surface area contributed by atoms with Crippen LogP contribution in [0.4, 0.5) is 0 Å². The van der Waals surface area contributed by atoms with Gasteiger partial charge in [0, 0.05) is 12.1 Å². The molecular weight excluding hydrogens is 222 g/mol. The number of rotatable bonds is 10. The van der Waals surface area contributed by atoms with Crippen molar-refractivity contribution in [3.63, 3.8) is 0 Å². The van der Waals surface area contributed by atoms with Gasteiger partial charge in [0.2, 0.25) is 0 Å². The van der Waals surface area contributed by atoms with Gasteiger partial charge in [-0.1, -0.05) is 34.6 Å². The zero-order chi connectivity index (χ0) is 14.2. The first-order chi connectivity index (χ1) is 8.46. The van der Waals surface area contributed by atoms with Crippen molar-refractivity contribution in [1.29, 1.82) is 0 Å². The van der Waals surface area contributed by atoms with Crippen LogP contribution in [0.25, 0.3) is 0 Å². The lowest BCUT2D eigenvalue weighted by Crippen LogP contribution is -2.55. The molecule has 3 nitrogen and oxygen atoms in total. The van der Waals surface area contributed by atoms with Gasteiger partial charge in [-0.3, -0.25) is 4.90 Å². The fourth-order valence-corrected chi connectivity index (χ4v) is 2.53. The van der Waals surface area contributed by atoms with E-state index in [1.807, 2.05) is 0 Å². The van der Waals surface area contributed by atoms with Crippen LogP contribution >= 0.6 is 0 Å². The summed E-state index contributed by atoms with van der Waals surface area (Å²) in [6.07, 6.45) is 1.23. The molecule has 0 bridgehead atoms. The molecule has 0 spiro atoms. The van der Waals surface area contributed by atoms with Gasteiger partial charge in [-0.25, -0.2) is 0 Å². The quantitative estimate of drug-likeness (QED) is 0.652. The molecule has 110 valence electrons. The van der Waals surface area contributed by atoms with Crippen molar-refractivity contribution in [2.45, 2.75) is 53.5 Å². The summed E-state index contributed by atoms with van der Waals surface area (Å²) in [6, 6.07) is 0. The van der Waals surface area contributed by atoms with Gasteiger partial charge in [-0.2, -0.15) is 0 Å². The van der Waals surface area contributed by atoms with E-state index in [4.69, 9.17) is 5.73 Å². The van der Waals surface area contributed by atoms with Crippen molar-refractivity contribution in [3.8, 4) is 0 Å². The maximum atomic E-state index is 6.02. The highest BCUT2D eigenvalue weighted by atomic mass is 15.2. The second kappa shape index (κ2) is 8.89. The topological polar surface area (TPSA) is 32.5 Å². The van der Waals surface area contributed by atoms with E-state index < -0.39 is 0 Å². The highest BCUT2D eigenvalue weighted by Gasteiger charge is 2.32. The summed E-state index contributed by atoms with van der Waals surface area (Å²) in [6.45, 7) is 20.1. The van der Waals surface area contributed by atoms with Crippen LogP contribution in [0.5, 0.6) is 0 Å².